The minimum absolute atomic E-state index is 0.0105. The lowest BCUT2D eigenvalue weighted by molar-refractivity contribution is 0.443. The van der Waals surface area contributed by atoms with Gasteiger partial charge in [0.05, 0.1) is 4.88 Å². The van der Waals surface area contributed by atoms with Crippen LogP contribution in [-0.4, -0.2) is 10.1 Å². The van der Waals surface area contributed by atoms with Crippen LogP contribution >= 0.6 is 11.3 Å². The molecule has 1 heterocycles. The first-order valence-electron chi connectivity index (χ1n) is 7.22. The number of aromatic nitrogens is 1. The number of thiazole rings is 1. The highest BCUT2D eigenvalue weighted by Crippen LogP contribution is 2.32. The quantitative estimate of drug-likeness (QED) is 0.903. The highest BCUT2D eigenvalue weighted by Gasteiger charge is 2.15. The second-order valence-corrected chi connectivity index (χ2v) is 6.61. The van der Waals surface area contributed by atoms with E-state index in [1.54, 1.807) is 0 Å². The first kappa shape index (κ1) is 13.4. The smallest absolute Gasteiger partial charge is 0.307 e. The molecule has 1 aromatic carbocycles. The Morgan fingerprint density at radius 2 is 1.85 bits per heavy atom. The van der Waals surface area contributed by atoms with E-state index in [1.165, 1.54) is 37.7 Å². The summed E-state index contributed by atoms with van der Waals surface area (Å²) in [6.45, 7) is 0. The van der Waals surface area contributed by atoms with E-state index in [2.05, 4.69) is 29.2 Å². The van der Waals surface area contributed by atoms with E-state index in [9.17, 15) is 9.90 Å². The van der Waals surface area contributed by atoms with Gasteiger partial charge in [-0.3, -0.25) is 9.78 Å². The number of H-pyrrole nitrogens is 1. The molecule has 2 aromatic rings. The van der Waals surface area contributed by atoms with Crippen LogP contribution in [0.3, 0.4) is 0 Å². The van der Waals surface area contributed by atoms with E-state index < -0.39 is 0 Å². The van der Waals surface area contributed by atoms with Gasteiger partial charge in [0, 0.05) is 6.42 Å². The van der Waals surface area contributed by atoms with Crippen molar-refractivity contribution in [3.8, 4) is 5.88 Å². The maximum atomic E-state index is 11.2. The molecule has 0 spiro atoms. The van der Waals surface area contributed by atoms with Crippen molar-refractivity contribution < 1.29 is 5.11 Å². The van der Waals surface area contributed by atoms with E-state index in [-0.39, 0.29) is 10.8 Å². The van der Waals surface area contributed by atoms with Gasteiger partial charge in [-0.2, -0.15) is 0 Å². The molecule has 1 saturated carbocycles. The minimum Gasteiger partial charge on any atom is -0.494 e. The molecule has 1 aliphatic rings. The highest BCUT2D eigenvalue weighted by atomic mass is 32.1. The van der Waals surface area contributed by atoms with Crippen LogP contribution in [-0.2, 0) is 6.42 Å². The molecule has 20 heavy (non-hydrogen) atoms. The van der Waals surface area contributed by atoms with Crippen LogP contribution in [0.15, 0.2) is 29.1 Å². The summed E-state index contributed by atoms with van der Waals surface area (Å²) in [4.78, 5) is 14.1. The van der Waals surface area contributed by atoms with Gasteiger partial charge in [0.25, 0.3) is 0 Å². The molecule has 4 heteroatoms. The summed E-state index contributed by atoms with van der Waals surface area (Å²) in [5.74, 6) is 0.728. The Kier molecular flexibility index (Phi) is 3.92. The number of nitrogens with one attached hydrogen (secondary N) is 1. The molecule has 2 N–H and O–H groups in total. The Morgan fingerprint density at radius 1 is 1.15 bits per heavy atom. The Morgan fingerprint density at radius 3 is 2.45 bits per heavy atom. The zero-order valence-corrected chi connectivity index (χ0v) is 12.2. The molecule has 106 valence electrons. The van der Waals surface area contributed by atoms with E-state index in [4.69, 9.17) is 0 Å². The fourth-order valence-corrected chi connectivity index (χ4v) is 3.76. The summed E-state index contributed by atoms with van der Waals surface area (Å²) in [5, 5.41) is 9.61. The summed E-state index contributed by atoms with van der Waals surface area (Å²) < 4.78 is 0. The van der Waals surface area contributed by atoms with E-state index in [0.717, 1.165) is 22.8 Å². The van der Waals surface area contributed by atoms with Gasteiger partial charge >= 0.3 is 4.87 Å². The van der Waals surface area contributed by atoms with Crippen molar-refractivity contribution in [2.45, 2.75) is 44.4 Å². The molecule has 1 fully saturated rings. The van der Waals surface area contributed by atoms with Crippen LogP contribution < -0.4 is 4.87 Å². The zero-order chi connectivity index (χ0) is 13.9. The van der Waals surface area contributed by atoms with Crippen molar-refractivity contribution in [3.05, 3.63) is 49.9 Å². The average Bonchev–Trinajstić information content (AvgIpc) is 2.79. The molecule has 1 aromatic heterocycles. The van der Waals surface area contributed by atoms with Crippen molar-refractivity contribution in [2.75, 3.05) is 0 Å². The summed E-state index contributed by atoms with van der Waals surface area (Å²) in [6, 6.07) is 8.65. The SMILES string of the molecule is O=c1[nH]c(O)c(Cc2ccc(C3CCCCC3)cc2)s1. The third-order valence-corrected chi connectivity index (χ3v) is 4.99. The molecule has 0 amide bonds. The van der Waals surface area contributed by atoms with Crippen LogP contribution in [0.4, 0.5) is 0 Å². The molecule has 0 unspecified atom stereocenters. The third-order valence-electron chi connectivity index (χ3n) is 4.12. The van der Waals surface area contributed by atoms with Crippen LogP contribution in [0.25, 0.3) is 0 Å². The fourth-order valence-electron chi connectivity index (χ4n) is 3.00. The van der Waals surface area contributed by atoms with Crippen LogP contribution in [0.1, 0.15) is 54.0 Å². The van der Waals surface area contributed by atoms with Gasteiger partial charge in [-0.1, -0.05) is 54.9 Å². The summed E-state index contributed by atoms with van der Waals surface area (Å²) in [7, 11) is 0. The van der Waals surface area contributed by atoms with Gasteiger partial charge in [0.2, 0.25) is 5.88 Å². The molecule has 0 radical (unpaired) electrons. The monoisotopic (exact) mass is 289 g/mol. The molecule has 0 atom stereocenters. The molecule has 1 aliphatic carbocycles. The first-order chi connectivity index (χ1) is 9.72. The van der Waals surface area contributed by atoms with E-state index in [1.807, 2.05) is 0 Å². The van der Waals surface area contributed by atoms with Gasteiger partial charge in [-0.25, -0.2) is 0 Å². The molecule has 0 aliphatic heterocycles. The minimum atomic E-state index is -0.198. The van der Waals surface area contributed by atoms with Crippen molar-refractivity contribution in [2.24, 2.45) is 0 Å². The maximum absolute atomic E-state index is 11.2. The van der Waals surface area contributed by atoms with E-state index in [0.29, 0.717) is 11.3 Å². The number of aromatic hydroxyl groups is 1. The van der Waals surface area contributed by atoms with Crippen molar-refractivity contribution >= 4 is 11.3 Å². The Balaban J connectivity index is 1.72. The van der Waals surface area contributed by atoms with Crippen molar-refractivity contribution in [1.82, 2.24) is 4.98 Å². The molecular formula is C16H19NO2S. The largest absolute Gasteiger partial charge is 0.494 e. The summed E-state index contributed by atoms with van der Waals surface area (Å²) >= 11 is 1.08. The Bertz CT molecular complexity index is 621. The second-order valence-electron chi connectivity index (χ2n) is 5.54. The Labute approximate surface area is 122 Å². The molecule has 3 nitrogen and oxygen atoms in total. The number of benzene rings is 1. The summed E-state index contributed by atoms with van der Waals surface area (Å²) in [6.07, 6.45) is 7.29. The van der Waals surface area contributed by atoms with E-state index >= 15 is 0 Å². The standard InChI is InChI=1S/C16H19NO2S/c18-15-14(20-16(19)17-15)10-11-6-8-13(9-7-11)12-4-2-1-3-5-12/h6-9,12,18H,1-5,10H2,(H,17,19). The number of hydrogen-bond acceptors (Lipinski definition) is 3. The molecule has 0 saturated heterocycles. The second kappa shape index (κ2) is 5.83. The lowest BCUT2D eigenvalue weighted by Gasteiger charge is -2.22. The lowest BCUT2D eigenvalue weighted by atomic mass is 9.84. The highest BCUT2D eigenvalue weighted by molar-refractivity contribution is 7.09. The third kappa shape index (κ3) is 2.96. The molecular weight excluding hydrogens is 270 g/mol. The van der Waals surface area contributed by atoms with Gasteiger partial charge in [-0.15, -0.1) is 0 Å². The first-order valence-corrected chi connectivity index (χ1v) is 8.04. The average molecular weight is 289 g/mol. The van der Waals surface area contributed by atoms with Crippen LogP contribution in [0.5, 0.6) is 5.88 Å². The number of aromatic amines is 1. The predicted octanol–water partition coefficient (Wildman–Crippen LogP) is 3.78. The van der Waals surface area contributed by atoms with Crippen LogP contribution in [0.2, 0.25) is 0 Å². The van der Waals surface area contributed by atoms with Crippen molar-refractivity contribution in [3.63, 3.8) is 0 Å². The lowest BCUT2D eigenvalue weighted by Crippen LogP contribution is -2.04. The van der Waals surface area contributed by atoms with Gasteiger partial charge in [-0.05, 0) is 29.9 Å². The fraction of sp³-hybridized carbons (Fsp3) is 0.438. The topological polar surface area (TPSA) is 53.1 Å². The van der Waals surface area contributed by atoms with Gasteiger partial charge in [0.15, 0.2) is 0 Å². The zero-order valence-electron chi connectivity index (χ0n) is 11.4. The van der Waals surface area contributed by atoms with Gasteiger partial charge < -0.3 is 5.11 Å². The molecule has 0 bridgehead atoms. The van der Waals surface area contributed by atoms with Gasteiger partial charge in [0.1, 0.15) is 0 Å². The normalized spacial score (nSPS) is 16.4. The number of hydrogen-bond donors (Lipinski definition) is 2. The summed E-state index contributed by atoms with van der Waals surface area (Å²) in [5.41, 5.74) is 2.56. The predicted molar refractivity (Wildman–Crippen MR) is 81.7 cm³/mol. The Hall–Kier alpha value is -1.55. The van der Waals surface area contributed by atoms with Crippen LogP contribution in [0, 0.1) is 0 Å². The molecule has 3 rings (SSSR count). The van der Waals surface area contributed by atoms with Crippen molar-refractivity contribution in [1.29, 1.82) is 0 Å². The number of rotatable bonds is 3. The maximum Gasteiger partial charge on any atom is 0.307 e.